The summed E-state index contributed by atoms with van der Waals surface area (Å²) in [5, 5.41) is 3.06. The SMILES string of the molecule is CNC1CCCN(S(=O)(=O)c2ccc(C(=O)OC)c(F)c2)C1.Cl. The summed E-state index contributed by atoms with van der Waals surface area (Å²) in [7, 11) is -0.855. The molecule has 2 rings (SSSR count). The van der Waals surface area contributed by atoms with Crippen LogP contribution in [0.1, 0.15) is 23.2 Å². The third-order valence-electron chi connectivity index (χ3n) is 3.78. The number of hydrogen-bond donors (Lipinski definition) is 1. The minimum absolute atomic E-state index is 0. The fourth-order valence-electron chi connectivity index (χ4n) is 2.48. The van der Waals surface area contributed by atoms with Crippen LogP contribution < -0.4 is 5.32 Å². The zero-order valence-electron chi connectivity index (χ0n) is 12.9. The highest BCUT2D eigenvalue weighted by atomic mass is 35.5. The van der Waals surface area contributed by atoms with E-state index in [1.54, 1.807) is 7.05 Å². The van der Waals surface area contributed by atoms with Gasteiger partial charge in [0, 0.05) is 19.1 Å². The van der Waals surface area contributed by atoms with E-state index in [1.165, 1.54) is 10.4 Å². The Kier molecular flexibility index (Phi) is 6.94. The van der Waals surface area contributed by atoms with Crippen molar-refractivity contribution in [1.29, 1.82) is 0 Å². The molecule has 130 valence electrons. The standard InChI is InChI=1S/C14H19FN2O4S.ClH/c1-16-10-4-3-7-17(9-10)22(19,20)11-5-6-12(13(15)8-11)14(18)21-2;/h5-6,8,10,16H,3-4,7,9H2,1-2H3;1H. The molecule has 0 bridgehead atoms. The average molecular weight is 367 g/mol. The van der Waals surface area contributed by atoms with Crippen LogP contribution in [-0.4, -0.2) is 52.0 Å². The third kappa shape index (κ3) is 4.20. The Labute approximate surface area is 141 Å². The van der Waals surface area contributed by atoms with Gasteiger partial charge in [-0.15, -0.1) is 12.4 Å². The minimum Gasteiger partial charge on any atom is -0.465 e. The van der Waals surface area contributed by atoms with Crippen LogP contribution in [0.2, 0.25) is 0 Å². The highest BCUT2D eigenvalue weighted by Crippen LogP contribution is 2.22. The fraction of sp³-hybridized carbons (Fsp3) is 0.500. The first kappa shape index (κ1) is 19.8. The van der Waals surface area contributed by atoms with Crippen LogP contribution in [0.5, 0.6) is 0 Å². The van der Waals surface area contributed by atoms with Gasteiger partial charge in [-0.1, -0.05) is 0 Å². The number of esters is 1. The molecule has 0 aliphatic carbocycles. The van der Waals surface area contributed by atoms with E-state index in [2.05, 4.69) is 10.1 Å². The second-order valence-corrected chi connectivity index (χ2v) is 7.06. The molecule has 0 spiro atoms. The maximum atomic E-state index is 13.9. The zero-order valence-corrected chi connectivity index (χ0v) is 14.5. The van der Waals surface area contributed by atoms with Crippen LogP contribution in [0.25, 0.3) is 0 Å². The van der Waals surface area contributed by atoms with Crippen LogP contribution in [-0.2, 0) is 14.8 Å². The van der Waals surface area contributed by atoms with Crippen LogP contribution in [0.3, 0.4) is 0 Å². The Bertz CT molecular complexity index is 669. The summed E-state index contributed by atoms with van der Waals surface area (Å²) in [6.07, 6.45) is 1.64. The quantitative estimate of drug-likeness (QED) is 0.815. The Hall–Kier alpha value is -1.22. The summed E-state index contributed by atoms with van der Waals surface area (Å²) in [5.41, 5.74) is -0.284. The molecule has 1 aromatic rings. The van der Waals surface area contributed by atoms with E-state index in [9.17, 15) is 17.6 Å². The lowest BCUT2D eigenvalue weighted by Crippen LogP contribution is -2.46. The molecule has 0 saturated carbocycles. The van der Waals surface area contributed by atoms with Crippen LogP contribution >= 0.6 is 12.4 Å². The first-order chi connectivity index (χ1) is 10.4. The van der Waals surface area contributed by atoms with E-state index in [4.69, 9.17) is 0 Å². The van der Waals surface area contributed by atoms with Crippen molar-refractivity contribution in [2.24, 2.45) is 0 Å². The third-order valence-corrected chi connectivity index (χ3v) is 5.64. The lowest BCUT2D eigenvalue weighted by molar-refractivity contribution is 0.0595. The smallest absolute Gasteiger partial charge is 0.340 e. The van der Waals surface area contributed by atoms with E-state index in [-0.39, 0.29) is 28.9 Å². The number of likely N-dealkylation sites (N-methyl/N-ethyl adjacent to an activating group) is 1. The Morgan fingerprint density at radius 2 is 2.13 bits per heavy atom. The summed E-state index contributed by atoms with van der Waals surface area (Å²) in [4.78, 5) is 11.2. The number of carbonyl (C=O) groups excluding carboxylic acids is 1. The number of carbonyl (C=O) groups is 1. The van der Waals surface area contributed by atoms with Gasteiger partial charge >= 0.3 is 5.97 Å². The highest BCUT2D eigenvalue weighted by Gasteiger charge is 2.30. The monoisotopic (exact) mass is 366 g/mol. The number of methoxy groups -OCH3 is 1. The van der Waals surface area contributed by atoms with Gasteiger partial charge in [-0.2, -0.15) is 4.31 Å². The maximum Gasteiger partial charge on any atom is 0.340 e. The largest absolute Gasteiger partial charge is 0.465 e. The van der Waals surface area contributed by atoms with Crippen LogP contribution in [0.15, 0.2) is 23.1 Å². The van der Waals surface area contributed by atoms with Gasteiger partial charge in [0.2, 0.25) is 10.0 Å². The molecule has 1 N–H and O–H groups in total. The number of halogens is 2. The molecular weight excluding hydrogens is 347 g/mol. The summed E-state index contributed by atoms with van der Waals surface area (Å²) < 4.78 is 44.8. The molecule has 1 aliphatic heterocycles. The number of piperidine rings is 1. The van der Waals surface area contributed by atoms with Gasteiger partial charge in [0.1, 0.15) is 5.82 Å². The molecule has 1 aliphatic rings. The van der Waals surface area contributed by atoms with E-state index in [0.29, 0.717) is 13.1 Å². The van der Waals surface area contributed by atoms with Crippen molar-refractivity contribution >= 4 is 28.4 Å². The molecule has 0 aromatic heterocycles. The van der Waals surface area contributed by atoms with Crippen molar-refractivity contribution in [3.8, 4) is 0 Å². The summed E-state index contributed by atoms with van der Waals surface area (Å²) >= 11 is 0. The van der Waals surface area contributed by atoms with Crippen LogP contribution in [0, 0.1) is 5.82 Å². The van der Waals surface area contributed by atoms with Crippen molar-refractivity contribution in [2.45, 2.75) is 23.8 Å². The molecule has 1 aromatic carbocycles. The van der Waals surface area contributed by atoms with Crippen molar-refractivity contribution in [3.63, 3.8) is 0 Å². The molecule has 1 saturated heterocycles. The topological polar surface area (TPSA) is 75.7 Å². The fourth-order valence-corrected chi connectivity index (χ4v) is 4.01. The van der Waals surface area contributed by atoms with Gasteiger partial charge < -0.3 is 10.1 Å². The number of nitrogens with zero attached hydrogens (tertiary/aromatic N) is 1. The van der Waals surface area contributed by atoms with E-state index >= 15 is 0 Å². The normalized spacial score (nSPS) is 19.0. The number of benzene rings is 1. The van der Waals surface area contributed by atoms with Crippen molar-refractivity contribution in [1.82, 2.24) is 9.62 Å². The molecular formula is C14H20ClFN2O4S. The molecule has 6 nitrogen and oxygen atoms in total. The van der Waals surface area contributed by atoms with E-state index < -0.39 is 21.8 Å². The number of sulfonamides is 1. The molecule has 0 amide bonds. The average Bonchev–Trinajstić information content (AvgIpc) is 2.54. The minimum atomic E-state index is -3.78. The van der Waals surface area contributed by atoms with Crippen LogP contribution in [0.4, 0.5) is 4.39 Å². The Balaban J connectivity index is 0.00000264. The van der Waals surface area contributed by atoms with Gasteiger partial charge in [-0.25, -0.2) is 17.6 Å². The predicted octanol–water partition coefficient (Wildman–Crippen LogP) is 1.41. The number of nitrogens with one attached hydrogen (secondary N) is 1. The molecule has 9 heteroatoms. The lowest BCUT2D eigenvalue weighted by Gasteiger charge is -2.31. The van der Waals surface area contributed by atoms with E-state index in [1.807, 2.05) is 0 Å². The number of rotatable bonds is 4. The lowest BCUT2D eigenvalue weighted by atomic mass is 10.1. The predicted molar refractivity (Wildman–Crippen MR) is 85.8 cm³/mol. The van der Waals surface area contributed by atoms with Gasteiger partial charge in [0.05, 0.1) is 17.6 Å². The van der Waals surface area contributed by atoms with Crippen molar-refractivity contribution < 1.29 is 22.3 Å². The summed E-state index contributed by atoms with van der Waals surface area (Å²) in [6, 6.07) is 3.31. The van der Waals surface area contributed by atoms with Crippen molar-refractivity contribution in [3.05, 3.63) is 29.6 Å². The Morgan fingerprint density at radius 3 is 2.70 bits per heavy atom. The molecule has 0 radical (unpaired) electrons. The first-order valence-electron chi connectivity index (χ1n) is 6.95. The second kappa shape index (κ2) is 8.05. The first-order valence-corrected chi connectivity index (χ1v) is 8.39. The summed E-state index contributed by atoms with van der Waals surface area (Å²) in [5.74, 6) is -1.75. The maximum absolute atomic E-state index is 13.9. The van der Waals surface area contributed by atoms with E-state index in [0.717, 1.165) is 32.1 Å². The molecule has 1 atom stereocenters. The van der Waals surface area contributed by atoms with Gasteiger partial charge in [-0.05, 0) is 38.1 Å². The Morgan fingerprint density at radius 1 is 1.43 bits per heavy atom. The second-order valence-electron chi connectivity index (χ2n) is 5.12. The zero-order chi connectivity index (χ0) is 16.3. The van der Waals surface area contributed by atoms with Gasteiger partial charge in [0.15, 0.2) is 0 Å². The van der Waals surface area contributed by atoms with Crippen molar-refractivity contribution in [2.75, 3.05) is 27.2 Å². The summed E-state index contributed by atoms with van der Waals surface area (Å²) in [6.45, 7) is 0.750. The number of hydrogen-bond acceptors (Lipinski definition) is 5. The molecule has 1 heterocycles. The van der Waals surface area contributed by atoms with Gasteiger partial charge in [-0.3, -0.25) is 0 Å². The number of ether oxygens (including phenoxy) is 1. The highest BCUT2D eigenvalue weighted by molar-refractivity contribution is 7.89. The molecule has 1 fully saturated rings. The van der Waals surface area contributed by atoms with Gasteiger partial charge in [0.25, 0.3) is 0 Å². The molecule has 1 unspecified atom stereocenters. The molecule has 23 heavy (non-hydrogen) atoms.